The van der Waals surface area contributed by atoms with Crippen molar-refractivity contribution in [2.75, 3.05) is 0 Å². The molecule has 3 aromatic rings. The van der Waals surface area contributed by atoms with Crippen LogP contribution in [-0.4, -0.2) is 0 Å². The van der Waals surface area contributed by atoms with Gasteiger partial charge in [-0.05, 0) is 121 Å². The van der Waals surface area contributed by atoms with E-state index in [-0.39, 0.29) is 0 Å². The first-order chi connectivity index (χ1) is 21.5. The molecule has 1 saturated carbocycles. The lowest BCUT2D eigenvalue weighted by atomic mass is 9.69. The Bertz CT molecular complexity index is 1640. The third kappa shape index (κ3) is 7.00. The molecule has 0 spiro atoms. The maximum Gasteiger partial charge on any atom is 0.0318 e. The summed E-state index contributed by atoms with van der Waals surface area (Å²) in [5.74, 6) is 5.22. The van der Waals surface area contributed by atoms with Crippen LogP contribution in [0.2, 0.25) is 0 Å². The van der Waals surface area contributed by atoms with Gasteiger partial charge in [0, 0.05) is 11.5 Å². The van der Waals surface area contributed by atoms with Gasteiger partial charge in [0.05, 0.1) is 0 Å². The largest absolute Gasteiger partial charge is 0.115 e. The number of benzene rings is 3. The lowest BCUT2D eigenvalue weighted by Crippen LogP contribution is -2.23. The molecule has 222 valence electrons. The van der Waals surface area contributed by atoms with Gasteiger partial charge in [0.1, 0.15) is 0 Å². The molecule has 0 radical (unpaired) electrons. The van der Waals surface area contributed by atoms with Crippen molar-refractivity contribution in [1.29, 1.82) is 0 Å². The summed E-state index contributed by atoms with van der Waals surface area (Å²) in [6, 6.07) is 27.1. The molecule has 3 aromatic carbocycles. The second-order valence-electron chi connectivity index (χ2n) is 13.4. The van der Waals surface area contributed by atoms with Crippen LogP contribution in [0.4, 0.5) is 0 Å². The van der Waals surface area contributed by atoms with Gasteiger partial charge in [-0.25, -0.2) is 0 Å². The Morgan fingerprint density at radius 3 is 2.39 bits per heavy atom. The maximum atomic E-state index is 5.90. The van der Waals surface area contributed by atoms with Crippen molar-refractivity contribution in [3.63, 3.8) is 0 Å². The van der Waals surface area contributed by atoms with E-state index in [2.05, 4.69) is 123 Å². The van der Waals surface area contributed by atoms with E-state index in [4.69, 9.17) is 13.0 Å². The molecule has 1 fully saturated rings. The normalized spacial score (nSPS) is 21.8. The highest BCUT2D eigenvalue weighted by atomic mass is 14.3. The summed E-state index contributed by atoms with van der Waals surface area (Å²) in [7, 11) is 0. The summed E-state index contributed by atoms with van der Waals surface area (Å²) >= 11 is 0. The van der Waals surface area contributed by atoms with Crippen molar-refractivity contribution in [1.82, 2.24) is 0 Å². The van der Waals surface area contributed by atoms with E-state index >= 15 is 0 Å². The van der Waals surface area contributed by atoms with E-state index in [1.807, 2.05) is 0 Å². The van der Waals surface area contributed by atoms with Crippen LogP contribution >= 0.6 is 0 Å². The predicted octanol–water partition coefficient (Wildman–Crippen LogP) is 11.3. The van der Waals surface area contributed by atoms with Crippen molar-refractivity contribution in [3.8, 4) is 12.3 Å². The van der Waals surface area contributed by atoms with Gasteiger partial charge in [0.15, 0.2) is 0 Å². The Morgan fingerprint density at radius 2 is 1.73 bits per heavy atom. The molecule has 0 amide bonds. The van der Waals surface area contributed by atoms with Gasteiger partial charge in [-0.15, -0.1) is 6.42 Å². The summed E-state index contributed by atoms with van der Waals surface area (Å²) in [5.41, 5.74) is 13.3. The number of hydrogen-bond acceptors (Lipinski definition) is 0. The highest BCUT2D eigenvalue weighted by molar-refractivity contribution is 5.77. The second kappa shape index (κ2) is 13.7. The average molecular weight is 575 g/mol. The third-order valence-corrected chi connectivity index (χ3v) is 10.2. The molecule has 3 aliphatic carbocycles. The van der Waals surface area contributed by atoms with Crippen molar-refractivity contribution >= 4 is 11.1 Å². The molecule has 0 aliphatic heterocycles. The van der Waals surface area contributed by atoms with Crippen LogP contribution in [0.15, 0.2) is 121 Å². The smallest absolute Gasteiger partial charge is 0.0318 e. The summed E-state index contributed by atoms with van der Waals surface area (Å²) in [6.45, 7) is 9.16. The molecule has 6 rings (SSSR count). The molecule has 0 nitrogen and oxygen atoms in total. The van der Waals surface area contributed by atoms with E-state index < -0.39 is 0 Å². The molecular weight excluding hydrogens is 528 g/mol. The highest BCUT2D eigenvalue weighted by Gasteiger charge is 2.30. The van der Waals surface area contributed by atoms with Gasteiger partial charge in [-0.2, -0.15) is 0 Å². The van der Waals surface area contributed by atoms with Crippen LogP contribution in [-0.2, 0) is 12.8 Å². The van der Waals surface area contributed by atoms with Crippen LogP contribution < -0.4 is 0 Å². The highest BCUT2D eigenvalue weighted by Crippen LogP contribution is 2.44. The molecule has 0 heterocycles. The first-order valence-corrected chi connectivity index (χ1v) is 16.7. The first kappa shape index (κ1) is 30.0. The molecule has 2 atom stereocenters. The Labute approximate surface area is 266 Å². The summed E-state index contributed by atoms with van der Waals surface area (Å²) < 4.78 is 0. The van der Waals surface area contributed by atoms with Gasteiger partial charge < -0.3 is 0 Å². The molecule has 0 bridgehead atoms. The monoisotopic (exact) mass is 574 g/mol. The molecular formula is C44H46. The van der Waals surface area contributed by atoms with E-state index in [0.29, 0.717) is 17.8 Å². The van der Waals surface area contributed by atoms with Crippen molar-refractivity contribution in [2.24, 2.45) is 17.8 Å². The van der Waals surface area contributed by atoms with Crippen LogP contribution in [0.5, 0.6) is 0 Å². The molecule has 0 aromatic heterocycles. The molecule has 3 aliphatic rings. The minimum Gasteiger partial charge on any atom is -0.115 e. The molecule has 2 unspecified atom stereocenters. The molecule has 0 heteroatoms. The lowest BCUT2D eigenvalue weighted by molar-refractivity contribution is 0.252. The van der Waals surface area contributed by atoms with Crippen molar-refractivity contribution in [2.45, 2.75) is 71.1 Å². The first-order valence-electron chi connectivity index (χ1n) is 16.7. The zero-order chi connectivity index (χ0) is 30.5. The van der Waals surface area contributed by atoms with Gasteiger partial charge in [-0.1, -0.05) is 128 Å². The summed E-state index contributed by atoms with van der Waals surface area (Å²) in [4.78, 5) is 0. The molecule has 44 heavy (non-hydrogen) atoms. The fraction of sp³-hybridized carbons (Fsp3) is 0.318. The van der Waals surface area contributed by atoms with E-state index in [1.165, 1.54) is 75.8 Å². The summed E-state index contributed by atoms with van der Waals surface area (Å²) in [6.07, 6.45) is 26.7. The molecule has 0 saturated heterocycles. The fourth-order valence-electron chi connectivity index (χ4n) is 7.69. The topological polar surface area (TPSA) is 0 Å². The third-order valence-electron chi connectivity index (χ3n) is 10.2. The Kier molecular flexibility index (Phi) is 9.33. The van der Waals surface area contributed by atoms with Crippen LogP contribution in [0.25, 0.3) is 11.1 Å². The van der Waals surface area contributed by atoms with Gasteiger partial charge in [0.25, 0.3) is 0 Å². The SMILES string of the molecule is C#Cc1ccc(CC2CCC(C(C(=C)CCc3ccccc3)c3ccc(C4=CC(C)C=C4)cc3)CC2)cc1C1=CC(C)=CC1. The van der Waals surface area contributed by atoms with Gasteiger partial charge >= 0.3 is 0 Å². The Morgan fingerprint density at radius 1 is 0.955 bits per heavy atom. The minimum atomic E-state index is 0.410. The zero-order valence-electron chi connectivity index (χ0n) is 26.6. The van der Waals surface area contributed by atoms with E-state index in [0.717, 1.165) is 37.2 Å². The standard InChI is InChI=1S/C44H46/c1-5-37-20-17-36(30-43(37)42-19-12-32(3)28-42)29-35-15-21-39(22-16-35)44(33(4)13-14-34-9-7-6-8-10-34)40-25-23-38(24-26-40)41-18-11-31(2)27-41/h1,6-12,17-18,20,23-28,30-31,35,39,44H,4,13-16,19,21-22,29H2,2-3H3. The van der Waals surface area contributed by atoms with Crippen LogP contribution in [0, 0.1) is 30.1 Å². The maximum absolute atomic E-state index is 5.90. The molecule has 0 N–H and O–H groups in total. The van der Waals surface area contributed by atoms with Crippen LogP contribution in [0.3, 0.4) is 0 Å². The van der Waals surface area contributed by atoms with Gasteiger partial charge in [0.2, 0.25) is 0 Å². The van der Waals surface area contributed by atoms with Crippen LogP contribution in [0.1, 0.15) is 91.7 Å². The lowest BCUT2D eigenvalue weighted by Gasteiger charge is -2.36. The van der Waals surface area contributed by atoms with Crippen molar-refractivity contribution < 1.29 is 0 Å². The fourth-order valence-corrected chi connectivity index (χ4v) is 7.69. The number of terminal acetylenes is 1. The Balaban J connectivity index is 1.15. The number of allylic oxidation sites excluding steroid dienone is 9. The average Bonchev–Trinajstić information content (AvgIpc) is 3.70. The van der Waals surface area contributed by atoms with Gasteiger partial charge in [-0.3, -0.25) is 0 Å². The minimum absolute atomic E-state index is 0.410. The number of rotatable bonds is 10. The summed E-state index contributed by atoms with van der Waals surface area (Å²) in [5, 5.41) is 0. The van der Waals surface area contributed by atoms with E-state index in [9.17, 15) is 0 Å². The van der Waals surface area contributed by atoms with E-state index in [1.54, 1.807) is 0 Å². The number of hydrogen-bond donors (Lipinski definition) is 0. The zero-order valence-corrected chi connectivity index (χ0v) is 26.6. The van der Waals surface area contributed by atoms with Crippen molar-refractivity contribution in [3.05, 3.63) is 154 Å². The predicted molar refractivity (Wildman–Crippen MR) is 189 cm³/mol. The Hall–Kier alpha value is -4.08. The number of aryl methyl sites for hydroxylation is 1. The quantitative estimate of drug-likeness (QED) is 0.167. The second-order valence-corrected chi connectivity index (χ2v) is 13.4.